The zero-order valence-corrected chi connectivity index (χ0v) is 19.3. The van der Waals surface area contributed by atoms with Crippen molar-refractivity contribution in [3.8, 4) is 0 Å². The van der Waals surface area contributed by atoms with E-state index in [4.69, 9.17) is 0 Å². The van der Waals surface area contributed by atoms with Gasteiger partial charge >= 0.3 is 6.18 Å². The first kappa shape index (κ1) is 24.4. The van der Waals surface area contributed by atoms with Gasteiger partial charge in [0.15, 0.2) is 21.5 Å². The number of guanidine groups is 1. The molecule has 1 fully saturated rings. The van der Waals surface area contributed by atoms with Crippen molar-refractivity contribution < 1.29 is 21.6 Å². The van der Waals surface area contributed by atoms with Crippen molar-refractivity contribution in [1.29, 1.82) is 0 Å². The van der Waals surface area contributed by atoms with Gasteiger partial charge in [0.05, 0.1) is 15.5 Å². The molecule has 0 aromatic carbocycles. The van der Waals surface area contributed by atoms with E-state index in [1.165, 1.54) is 0 Å². The van der Waals surface area contributed by atoms with Gasteiger partial charge in [-0.1, -0.05) is 0 Å². The number of aliphatic imine (C=N–C) groups is 1. The van der Waals surface area contributed by atoms with Crippen molar-refractivity contribution in [1.82, 2.24) is 15.2 Å². The minimum absolute atomic E-state index is 0. The Balaban J connectivity index is 0.00000364. The second-order valence-electron chi connectivity index (χ2n) is 6.61. The SMILES string of the molecule is CCNC(=NCCc1nc(C(F)(F)F)cs1)N1CCS(=O)(=O)C(C)(C)C1.I. The predicted molar refractivity (Wildman–Crippen MR) is 112 cm³/mol. The molecule has 1 aliphatic rings. The highest BCUT2D eigenvalue weighted by Gasteiger charge is 2.41. The smallest absolute Gasteiger partial charge is 0.357 e. The molecule has 0 unspecified atom stereocenters. The Bertz CT molecular complexity index is 763. The summed E-state index contributed by atoms with van der Waals surface area (Å²) in [4.78, 5) is 9.91. The van der Waals surface area contributed by atoms with E-state index in [0.717, 1.165) is 16.7 Å². The number of nitrogens with one attached hydrogen (secondary N) is 1. The zero-order valence-electron chi connectivity index (χ0n) is 15.3. The van der Waals surface area contributed by atoms with E-state index < -0.39 is 26.5 Å². The van der Waals surface area contributed by atoms with Crippen LogP contribution in [0.3, 0.4) is 0 Å². The topological polar surface area (TPSA) is 74.7 Å². The lowest BCUT2D eigenvalue weighted by molar-refractivity contribution is -0.140. The van der Waals surface area contributed by atoms with Gasteiger partial charge in [-0.05, 0) is 20.8 Å². The second-order valence-corrected chi connectivity index (χ2v) is 10.3. The molecule has 0 saturated carbocycles. The summed E-state index contributed by atoms with van der Waals surface area (Å²) in [6, 6.07) is 0. The second kappa shape index (κ2) is 9.25. The highest BCUT2D eigenvalue weighted by Crippen LogP contribution is 2.30. The first-order valence-corrected chi connectivity index (χ1v) is 10.8. The Morgan fingerprint density at radius 3 is 2.63 bits per heavy atom. The number of hydrogen-bond donors (Lipinski definition) is 1. The Hall–Kier alpha value is -0.630. The molecule has 27 heavy (non-hydrogen) atoms. The van der Waals surface area contributed by atoms with Crippen molar-refractivity contribution >= 4 is 51.1 Å². The lowest BCUT2D eigenvalue weighted by atomic mass is 10.2. The van der Waals surface area contributed by atoms with Gasteiger partial charge in [0, 0.05) is 38.0 Å². The van der Waals surface area contributed by atoms with Gasteiger partial charge in [0.25, 0.3) is 0 Å². The Labute approximate surface area is 178 Å². The summed E-state index contributed by atoms with van der Waals surface area (Å²) in [6.45, 7) is 6.81. The third-order valence-corrected chi connectivity index (χ3v) is 7.55. The number of thiazole rings is 1. The molecule has 12 heteroatoms. The molecule has 1 aliphatic heterocycles. The lowest BCUT2D eigenvalue weighted by Gasteiger charge is -2.39. The van der Waals surface area contributed by atoms with Crippen LogP contribution < -0.4 is 5.32 Å². The van der Waals surface area contributed by atoms with Crippen molar-refractivity contribution in [2.75, 3.05) is 31.9 Å². The van der Waals surface area contributed by atoms with E-state index in [2.05, 4.69) is 15.3 Å². The van der Waals surface area contributed by atoms with Crippen LogP contribution in [0.2, 0.25) is 0 Å². The minimum atomic E-state index is -4.43. The lowest BCUT2D eigenvalue weighted by Crippen LogP contribution is -2.57. The first-order valence-electron chi connectivity index (χ1n) is 8.23. The van der Waals surface area contributed by atoms with Crippen LogP contribution in [-0.2, 0) is 22.4 Å². The van der Waals surface area contributed by atoms with E-state index in [-0.39, 0.29) is 36.3 Å². The van der Waals surface area contributed by atoms with Crippen LogP contribution in [0.5, 0.6) is 0 Å². The fourth-order valence-corrected chi connectivity index (χ4v) is 4.72. The molecule has 6 nitrogen and oxygen atoms in total. The monoisotopic (exact) mass is 540 g/mol. The van der Waals surface area contributed by atoms with Gasteiger partial charge in [0.2, 0.25) is 0 Å². The number of sulfone groups is 1. The number of rotatable bonds is 4. The summed E-state index contributed by atoms with van der Waals surface area (Å²) in [5, 5.41) is 4.49. The molecular weight excluding hydrogens is 516 g/mol. The molecule has 1 N–H and O–H groups in total. The van der Waals surface area contributed by atoms with Crippen molar-refractivity contribution in [3.05, 3.63) is 16.1 Å². The molecular formula is C15H24F3IN4O2S2. The minimum Gasteiger partial charge on any atom is -0.357 e. The average molecular weight is 540 g/mol. The maximum Gasteiger partial charge on any atom is 0.434 e. The van der Waals surface area contributed by atoms with Gasteiger partial charge < -0.3 is 10.2 Å². The maximum absolute atomic E-state index is 12.6. The average Bonchev–Trinajstić information content (AvgIpc) is 2.98. The van der Waals surface area contributed by atoms with Gasteiger partial charge in [-0.25, -0.2) is 13.4 Å². The van der Waals surface area contributed by atoms with Gasteiger partial charge in [-0.15, -0.1) is 35.3 Å². The normalized spacial score (nSPS) is 19.5. The summed E-state index contributed by atoms with van der Waals surface area (Å²) in [7, 11) is -3.16. The standard InChI is InChI=1S/C15H23F3N4O2S2.HI/c1-4-19-13(22-7-8-26(23,24)14(2,3)10-22)20-6-5-12-21-11(9-25-12)15(16,17)18;/h9H,4-8,10H2,1-3H3,(H,19,20);1H. The maximum atomic E-state index is 12.6. The van der Waals surface area contributed by atoms with Crippen LogP contribution in [0.25, 0.3) is 0 Å². The van der Waals surface area contributed by atoms with Crippen LogP contribution in [0.4, 0.5) is 13.2 Å². The summed E-state index contributed by atoms with van der Waals surface area (Å²) in [5.41, 5.74) is -0.878. The Kier molecular flexibility index (Phi) is 8.36. The number of aromatic nitrogens is 1. The van der Waals surface area contributed by atoms with E-state index in [1.54, 1.807) is 13.8 Å². The molecule has 0 aliphatic carbocycles. The first-order chi connectivity index (χ1) is 12.0. The van der Waals surface area contributed by atoms with Gasteiger partial charge in [-0.3, -0.25) is 4.99 Å². The van der Waals surface area contributed by atoms with Crippen LogP contribution in [-0.4, -0.2) is 60.9 Å². The number of halogens is 4. The fourth-order valence-electron chi connectivity index (χ4n) is 2.56. The number of hydrogen-bond acceptors (Lipinski definition) is 5. The van der Waals surface area contributed by atoms with E-state index >= 15 is 0 Å². The van der Waals surface area contributed by atoms with E-state index in [9.17, 15) is 21.6 Å². The highest BCUT2D eigenvalue weighted by molar-refractivity contribution is 14.0. The third kappa shape index (κ3) is 6.17. The molecule has 2 rings (SSSR count). The summed E-state index contributed by atoms with van der Waals surface area (Å²) in [5.74, 6) is 0.620. The van der Waals surface area contributed by atoms with E-state index in [0.29, 0.717) is 37.0 Å². The predicted octanol–water partition coefficient (Wildman–Crippen LogP) is 2.80. The highest BCUT2D eigenvalue weighted by atomic mass is 127. The van der Waals surface area contributed by atoms with Crippen molar-refractivity contribution in [2.45, 2.75) is 38.1 Å². The molecule has 2 heterocycles. The molecule has 0 spiro atoms. The summed E-state index contributed by atoms with van der Waals surface area (Å²) in [6.07, 6.45) is -4.14. The molecule has 1 aromatic rings. The fraction of sp³-hybridized carbons (Fsp3) is 0.733. The molecule has 156 valence electrons. The molecule has 0 amide bonds. The molecule has 0 atom stereocenters. The number of alkyl halides is 3. The largest absolute Gasteiger partial charge is 0.434 e. The van der Waals surface area contributed by atoms with Gasteiger partial charge in [0.1, 0.15) is 0 Å². The zero-order chi connectivity index (χ0) is 19.6. The Morgan fingerprint density at radius 1 is 1.44 bits per heavy atom. The summed E-state index contributed by atoms with van der Waals surface area (Å²) < 4.78 is 61.1. The molecule has 0 radical (unpaired) electrons. The van der Waals surface area contributed by atoms with Crippen LogP contribution in [0, 0.1) is 0 Å². The van der Waals surface area contributed by atoms with Crippen molar-refractivity contribution in [2.24, 2.45) is 4.99 Å². The summed E-state index contributed by atoms with van der Waals surface area (Å²) >= 11 is 0.963. The van der Waals surface area contributed by atoms with Crippen LogP contribution in [0.15, 0.2) is 10.4 Å². The Morgan fingerprint density at radius 2 is 2.11 bits per heavy atom. The van der Waals surface area contributed by atoms with Crippen LogP contribution in [0.1, 0.15) is 31.5 Å². The molecule has 1 aromatic heterocycles. The van der Waals surface area contributed by atoms with Crippen molar-refractivity contribution in [3.63, 3.8) is 0 Å². The quantitative estimate of drug-likeness (QED) is 0.362. The van der Waals surface area contributed by atoms with Crippen LogP contribution >= 0.6 is 35.3 Å². The van der Waals surface area contributed by atoms with E-state index in [1.807, 2.05) is 11.8 Å². The number of nitrogens with zero attached hydrogens (tertiary/aromatic N) is 3. The molecule has 1 saturated heterocycles. The third-order valence-electron chi connectivity index (χ3n) is 4.11. The molecule has 0 bridgehead atoms. The van der Waals surface area contributed by atoms with Gasteiger partial charge in [-0.2, -0.15) is 13.2 Å².